The molecule has 0 bridgehead atoms. The van der Waals surface area contributed by atoms with Gasteiger partial charge < -0.3 is 23.7 Å². The maximum atomic E-state index is 12.9. The van der Waals surface area contributed by atoms with Gasteiger partial charge >= 0.3 is 11.9 Å². The van der Waals surface area contributed by atoms with Crippen LogP contribution in [0.25, 0.3) is 16.9 Å². The molecule has 190 valence electrons. The van der Waals surface area contributed by atoms with Crippen molar-refractivity contribution in [2.45, 2.75) is 6.61 Å². The number of hydrogen-bond acceptors (Lipinski definition) is 8. The number of benzene rings is 3. The fourth-order valence-corrected chi connectivity index (χ4v) is 3.77. The van der Waals surface area contributed by atoms with Crippen molar-refractivity contribution < 1.29 is 33.3 Å². The van der Waals surface area contributed by atoms with Gasteiger partial charge in [-0.05, 0) is 48.0 Å². The summed E-state index contributed by atoms with van der Waals surface area (Å²) in [4.78, 5) is 25.7. The minimum absolute atomic E-state index is 0.0212. The third-order valence-electron chi connectivity index (χ3n) is 5.64. The standard InChI is InChI=1S/C28H26N2O7/c1-33-21-13-10-18(11-14-21)17-37-22-15-12-19(16-23(22)34-2)25-24(27(31)35-3)26(28(32)36-4)30(29-25)20-8-6-5-7-9-20/h5-16H,17H2,1-4H3. The third kappa shape index (κ3) is 5.25. The highest BCUT2D eigenvalue weighted by Crippen LogP contribution is 2.36. The number of rotatable bonds is 9. The summed E-state index contributed by atoms with van der Waals surface area (Å²) in [6.45, 7) is 0.308. The number of nitrogens with zero attached hydrogens (tertiary/aromatic N) is 2. The van der Waals surface area contributed by atoms with E-state index in [1.165, 1.54) is 26.0 Å². The minimum Gasteiger partial charge on any atom is -0.497 e. The highest BCUT2D eigenvalue weighted by atomic mass is 16.5. The van der Waals surface area contributed by atoms with Crippen LogP contribution in [0.1, 0.15) is 26.4 Å². The molecule has 0 radical (unpaired) electrons. The lowest BCUT2D eigenvalue weighted by Gasteiger charge is -2.12. The Hall–Kier alpha value is -4.79. The van der Waals surface area contributed by atoms with Crippen LogP contribution in [0.5, 0.6) is 17.2 Å². The molecule has 0 unspecified atom stereocenters. The lowest BCUT2D eigenvalue weighted by Crippen LogP contribution is -2.15. The number of methoxy groups -OCH3 is 4. The van der Waals surface area contributed by atoms with Crippen LogP contribution in [-0.4, -0.2) is 50.2 Å². The van der Waals surface area contributed by atoms with Gasteiger partial charge in [-0.15, -0.1) is 0 Å². The van der Waals surface area contributed by atoms with Gasteiger partial charge in [0.25, 0.3) is 0 Å². The summed E-state index contributed by atoms with van der Waals surface area (Å²) in [7, 11) is 5.61. The average Bonchev–Trinajstić information content (AvgIpc) is 3.36. The van der Waals surface area contributed by atoms with Gasteiger partial charge in [-0.3, -0.25) is 0 Å². The molecular weight excluding hydrogens is 476 g/mol. The van der Waals surface area contributed by atoms with Gasteiger partial charge in [-0.2, -0.15) is 5.10 Å². The predicted molar refractivity (Wildman–Crippen MR) is 136 cm³/mol. The van der Waals surface area contributed by atoms with Gasteiger partial charge in [0, 0.05) is 5.56 Å². The number of carbonyl (C=O) groups excluding carboxylic acids is 2. The molecule has 0 N–H and O–H groups in total. The Morgan fingerprint density at radius 2 is 1.49 bits per heavy atom. The Bertz CT molecular complexity index is 1400. The summed E-state index contributed by atoms with van der Waals surface area (Å²) in [5.41, 5.74) is 2.21. The van der Waals surface area contributed by atoms with Crippen molar-refractivity contribution >= 4 is 11.9 Å². The summed E-state index contributed by atoms with van der Waals surface area (Å²) in [5.74, 6) is 0.229. The molecule has 0 saturated carbocycles. The SMILES string of the molecule is COC(=O)c1c(-c2ccc(OCc3ccc(OC)cc3)c(OC)c2)nn(-c2ccccc2)c1C(=O)OC. The van der Waals surface area contributed by atoms with Crippen LogP contribution in [-0.2, 0) is 16.1 Å². The molecular formula is C28H26N2O7. The Balaban J connectivity index is 1.76. The van der Waals surface area contributed by atoms with E-state index in [0.29, 0.717) is 29.4 Å². The van der Waals surface area contributed by atoms with E-state index < -0.39 is 11.9 Å². The molecule has 0 atom stereocenters. The molecule has 0 aliphatic carbocycles. The summed E-state index contributed by atoms with van der Waals surface area (Å²) >= 11 is 0. The Morgan fingerprint density at radius 1 is 0.784 bits per heavy atom. The predicted octanol–water partition coefficient (Wildman–Crippen LogP) is 4.71. The molecule has 37 heavy (non-hydrogen) atoms. The molecule has 0 aliphatic heterocycles. The van der Waals surface area contributed by atoms with Crippen LogP contribution in [0.3, 0.4) is 0 Å². The Morgan fingerprint density at radius 3 is 2.11 bits per heavy atom. The first-order chi connectivity index (χ1) is 18.0. The molecule has 1 heterocycles. The van der Waals surface area contributed by atoms with Gasteiger partial charge in [-0.25, -0.2) is 14.3 Å². The number of carbonyl (C=O) groups is 2. The van der Waals surface area contributed by atoms with Crippen LogP contribution >= 0.6 is 0 Å². The van der Waals surface area contributed by atoms with Crippen molar-refractivity contribution in [3.63, 3.8) is 0 Å². The van der Waals surface area contributed by atoms with Crippen molar-refractivity contribution in [1.29, 1.82) is 0 Å². The number of hydrogen-bond donors (Lipinski definition) is 0. The second kappa shape index (κ2) is 11.3. The number of aromatic nitrogens is 2. The fraction of sp³-hybridized carbons (Fsp3) is 0.179. The first-order valence-electron chi connectivity index (χ1n) is 11.3. The van der Waals surface area contributed by atoms with Crippen molar-refractivity contribution in [2.24, 2.45) is 0 Å². The van der Waals surface area contributed by atoms with Crippen LogP contribution in [0.15, 0.2) is 72.8 Å². The van der Waals surface area contributed by atoms with E-state index in [9.17, 15) is 9.59 Å². The van der Waals surface area contributed by atoms with Gasteiger partial charge in [0.2, 0.25) is 0 Å². The molecule has 0 fully saturated rings. The van der Waals surface area contributed by atoms with Crippen LogP contribution in [0.2, 0.25) is 0 Å². The Kier molecular flexibility index (Phi) is 7.73. The highest BCUT2D eigenvalue weighted by molar-refractivity contribution is 6.06. The van der Waals surface area contributed by atoms with Gasteiger partial charge in [0.05, 0.1) is 34.1 Å². The van der Waals surface area contributed by atoms with Crippen molar-refractivity contribution in [3.8, 4) is 34.2 Å². The first-order valence-corrected chi connectivity index (χ1v) is 11.3. The largest absolute Gasteiger partial charge is 0.497 e. The fourth-order valence-electron chi connectivity index (χ4n) is 3.77. The van der Waals surface area contributed by atoms with E-state index in [1.54, 1.807) is 49.6 Å². The zero-order valence-electron chi connectivity index (χ0n) is 20.9. The molecule has 9 heteroatoms. The second-order valence-electron chi connectivity index (χ2n) is 7.81. The lowest BCUT2D eigenvalue weighted by atomic mass is 10.0. The van der Waals surface area contributed by atoms with Crippen LogP contribution in [0.4, 0.5) is 0 Å². The van der Waals surface area contributed by atoms with Crippen molar-refractivity contribution in [3.05, 3.63) is 89.6 Å². The van der Waals surface area contributed by atoms with E-state index in [1.807, 2.05) is 30.3 Å². The molecule has 0 spiro atoms. The topological polar surface area (TPSA) is 98.1 Å². The summed E-state index contributed by atoms with van der Waals surface area (Å²) in [6.07, 6.45) is 0. The minimum atomic E-state index is -0.727. The molecule has 0 saturated heterocycles. The summed E-state index contributed by atoms with van der Waals surface area (Å²) in [6, 6.07) is 21.6. The van der Waals surface area contributed by atoms with E-state index in [2.05, 4.69) is 5.10 Å². The molecule has 1 aromatic heterocycles. The van der Waals surface area contributed by atoms with Gasteiger partial charge in [0.1, 0.15) is 23.6 Å². The van der Waals surface area contributed by atoms with E-state index >= 15 is 0 Å². The quantitative estimate of drug-likeness (QED) is 0.304. The molecule has 9 nitrogen and oxygen atoms in total. The number of esters is 2. The maximum absolute atomic E-state index is 12.9. The van der Waals surface area contributed by atoms with Crippen molar-refractivity contribution in [1.82, 2.24) is 9.78 Å². The zero-order valence-corrected chi connectivity index (χ0v) is 20.9. The smallest absolute Gasteiger partial charge is 0.357 e. The third-order valence-corrected chi connectivity index (χ3v) is 5.64. The van der Waals surface area contributed by atoms with Crippen LogP contribution < -0.4 is 14.2 Å². The van der Waals surface area contributed by atoms with Crippen molar-refractivity contribution in [2.75, 3.05) is 28.4 Å². The number of ether oxygens (including phenoxy) is 5. The van der Waals surface area contributed by atoms with E-state index in [4.69, 9.17) is 23.7 Å². The molecule has 0 amide bonds. The van der Waals surface area contributed by atoms with Gasteiger partial charge in [0.15, 0.2) is 17.2 Å². The number of para-hydroxylation sites is 1. The maximum Gasteiger partial charge on any atom is 0.357 e. The first kappa shape index (κ1) is 25.3. The molecule has 4 aromatic rings. The highest BCUT2D eigenvalue weighted by Gasteiger charge is 2.31. The van der Waals surface area contributed by atoms with Gasteiger partial charge in [-0.1, -0.05) is 30.3 Å². The van der Waals surface area contributed by atoms with Crippen LogP contribution in [0, 0.1) is 0 Å². The average molecular weight is 503 g/mol. The summed E-state index contributed by atoms with van der Waals surface area (Å²) < 4.78 is 28.1. The normalized spacial score (nSPS) is 10.5. The monoisotopic (exact) mass is 502 g/mol. The van der Waals surface area contributed by atoms with E-state index in [0.717, 1.165) is 11.3 Å². The molecule has 0 aliphatic rings. The lowest BCUT2D eigenvalue weighted by molar-refractivity contribution is 0.0549. The zero-order chi connectivity index (χ0) is 26.4. The molecule has 3 aromatic carbocycles. The second-order valence-corrected chi connectivity index (χ2v) is 7.81. The Labute approximate surface area is 214 Å². The van der Waals surface area contributed by atoms with E-state index in [-0.39, 0.29) is 17.0 Å². The summed E-state index contributed by atoms with van der Waals surface area (Å²) in [5, 5.41) is 4.61. The molecule has 4 rings (SSSR count).